The van der Waals surface area contributed by atoms with Crippen LogP contribution in [-0.2, 0) is 0 Å². The lowest BCUT2D eigenvalue weighted by molar-refractivity contribution is 0.474. The molecule has 2 rings (SSSR count). The van der Waals surface area contributed by atoms with Crippen LogP contribution >= 0.6 is 0 Å². The van der Waals surface area contributed by atoms with Crippen molar-refractivity contribution in [2.45, 2.75) is 25.3 Å². The molecule has 0 amide bonds. The molecule has 0 aliphatic heterocycles. The number of halogens is 1. The number of benzene rings is 1. The highest BCUT2D eigenvalue weighted by Crippen LogP contribution is 2.32. The summed E-state index contributed by atoms with van der Waals surface area (Å²) in [6.45, 7) is 0.662. The SMILES string of the molecule is CN(c1cc(F)cc(C#N)c1)C1CCCC1CN. The van der Waals surface area contributed by atoms with Gasteiger partial charge in [-0.2, -0.15) is 5.26 Å². The van der Waals surface area contributed by atoms with E-state index in [1.807, 2.05) is 13.1 Å². The van der Waals surface area contributed by atoms with Gasteiger partial charge in [0.25, 0.3) is 0 Å². The number of nitrogens with two attached hydrogens (primary N) is 1. The molecule has 2 atom stereocenters. The molecule has 1 fully saturated rings. The van der Waals surface area contributed by atoms with Crippen molar-refractivity contribution in [3.63, 3.8) is 0 Å². The molecule has 96 valence electrons. The third kappa shape index (κ3) is 2.46. The third-order valence-electron chi connectivity index (χ3n) is 3.84. The Hall–Kier alpha value is -1.60. The summed E-state index contributed by atoms with van der Waals surface area (Å²) in [7, 11) is 1.95. The van der Waals surface area contributed by atoms with E-state index in [-0.39, 0.29) is 5.82 Å². The molecule has 0 saturated heterocycles. The lowest BCUT2D eigenvalue weighted by Crippen LogP contribution is -2.37. The van der Waals surface area contributed by atoms with Crippen LogP contribution in [0.5, 0.6) is 0 Å². The smallest absolute Gasteiger partial charge is 0.126 e. The van der Waals surface area contributed by atoms with Crippen LogP contribution in [0, 0.1) is 23.1 Å². The monoisotopic (exact) mass is 247 g/mol. The van der Waals surface area contributed by atoms with E-state index in [4.69, 9.17) is 11.0 Å². The standard InChI is InChI=1S/C14H18FN3/c1-18(14-4-2-3-11(14)9-17)13-6-10(8-16)5-12(15)7-13/h5-7,11,14H,2-4,9,17H2,1H3. The summed E-state index contributed by atoms with van der Waals surface area (Å²) in [5.74, 6) is 0.0991. The summed E-state index contributed by atoms with van der Waals surface area (Å²) < 4.78 is 13.4. The molecule has 18 heavy (non-hydrogen) atoms. The van der Waals surface area contributed by atoms with Crippen LogP contribution in [0.3, 0.4) is 0 Å². The summed E-state index contributed by atoms with van der Waals surface area (Å²) in [6, 6.07) is 6.80. The molecule has 1 saturated carbocycles. The molecular formula is C14H18FN3. The zero-order valence-electron chi connectivity index (χ0n) is 10.6. The highest BCUT2D eigenvalue weighted by atomic mass is 19.1. The van der Waals surface area contributed by atoms with Crippen molar-refractivity contribution in [3.8, 4) is 6.07 Å². The Morgan fingerprint density at radius 3 is 2.89 bits per heavy atom. The Kier molecular flexibility index (Phi) is 3.83. The van der Waals surface area contributed by atoms with Crippen molar-refractivity contribution in [1.82, 2.24) is 0 Å². The maximum Gasteiger partial charge on any atom is 0.126 e. The van der Waals surface area contributed by atoms with E-state index in [2.05, 4.69) is 4.90 Å². The quantitative estimate of drug-likeness (QED) is 0.891. The predicted molar refractivity (Wildman–Crippen MR) is 69.7 cm³/mol. The van der Waals surface area contributed by atoms with Gasteiger partial charge in [0.2, 0.25) is 0 Å². The Bertz CT molecular complexity index is 467. The van der Waals surface area contributed by atoms with Crippen LogP contribution in [0.4, 0.5) is 10.1 Å². The highest BCUT2D eigenvalue weighted by molar-refractivity contribution is 5.52. The van der Waals surface area contributed by atoms with Crippen molar-refractivity contribution in [1.29, 1.82) is 5.26 Å². The third-order valence-corrected chi connectivity index (χ3v) is 3.84. The number of nitrogens with zero attached hydrogens (tertiary/aromatic N) is 2. The van der Waals surface area contributed by atoms with Crippen LogP contribution in [0.25, 0.3) is 0 Å². The average Bonchev–Trinajstić information content (AvgIpc) is 2.85. The number of nitriles is 1. The second-order valence-electron chi connectivity index (χ2n) is 4.91. The van der Waals surface area contributed by atoms with Gasteiger partial charge in [-0.3, -0.25) is 0 Å². The molecule has 4 heteroatoms. The predicted octanol–water partition coefficient (Wildman–Crippen LogP) is 2.26. The fourth-order valence-electron chi connectivity index (χ4n) is 2.84. The Morgan fingerprint density at radius 1 is 1.44 bits per heavy atom. The molecule has 1 aliphatic carbocycles. The van der Waals surface area contributed by atoms with Gasteiger partial charge in [-0.15, -0.1) is 0 Å². The minimum Gasteiger partial charge on any atom is -0.371 e. The van der Waals surface area contributed by atoms with Gasteiger partial charge in [0.15, 0.2) is 0 Å². The first kappa shape index (κ1) is 12.8. The maximum absolute atomic E-state index is 13.4. The van der Waals surface area contributed by atoms with Crippen LogP contribution in [0.1, 0.15) is 24.8 Å². The molecular weight excluding hydrogens is 229 g/mol. The maximum atomic E-state index is 13.4. The van der Waals surface area contributed by atoms with Crippen LogP contribution in [0.2, 0.25) is 0 Å². The summed E-state index contributed by atoms with van der Waals surface area (Å²) in [5, 5.41) is 8.88. The highest BCUT2D eigenvalue weighted by Gasteiger charge is 2.29. The van der Waals surface area contributed by atoms with E-state index >= 15 is 0 Å². The molecule has 2 N–H and O–H groups in total. The Labute approximate surface area is 107 Å². The minimum atomic E-state index is -0.363. The van der Waals surface area contributed by atoms with Gasteiger partial charge in [0, 0.05) is 18.8 Å². The van der Waals surface area contributed by atoms with E-state index in [1.165, 1.54) is 12.1 Å². The molecule has 0 aromatic heterocycles. The molecule has 1 aromatic carbocycles. The molecule has 0 radical (unpaired) electrons. The van der Waals surface area contributed by atoms with Gasteiger partial charge in [0.05, 0.1) is 11.6 Å². The van der Waals surface area contributed by atoms with E-state index in [1.54, 1.807) is 6.07 Å². The van der Waals surface area contributed by atoms with E-state index in [9.17, 15) is 4.39 Å². The lowest BCUT2D eigenvalue weighted by atomic mass is 10.0. The number of hydrogen-bond acceptors (Lipinski definition) is 3. The van der Waals surface area contributed by atoms with Gasteiger partial charge in [-0.05, 0) is 43.5 Å². The van der Waals surface area contributed by atoms with Gasteiger partial charge in [0.1, 0.15) is 5.82 Å². The lowest BCUT2D eigenvalue weighted by Gasteiger charge is -2.31. The van der Waals surface area contributed by atoms with Crippen LogP contribution in [-0.4, -0.2) is 19.6 Å². The first-order chi connectivity index (χ1) is 8.65. The van der Waals surface area contributed by atoms with Crippen molar-refractivity contribution in [3.05, 3.63) is 29.6 Å². The van der Waals surface area contributed by atoms with Gasteiger partial charge < -0.3 is 10.6 Å². The van der Waals surface area contributed by atoms with Crippen LogP contribution < -0.4 is 10.6 Å². The van der Waals surface area contributed by atoms with Gasteiger partial charge in [-0.1, -0.05) is 6.42 Å². The van der Waals surface area contributed by atoms with Crippen molar-refractivity contribution in [2.75, 3.05) is 18.5 Å². The molecule has 0 heterocycles. The summed E-state index contributed by atoms with van der Waals surface area (Å²) in [5.41, 5.74) is 6.89. The number of rotatable bonds is 3. The molecule has 2 unspecified atom stereocenters. The molecule has 0 spiro atoms. The van der Waals surface area contributed by atoms with Crippen molar-refractivity contribution >= 4 is 5.69 Å². The molecule has 1 aliphatic rings. The molecule has 1 aromatic rings. The van der Waals surface area contributed by atoms with Crippen LogP contribution in [0.15, 0.2) is 18.2 Å². The topological polar surface area (TPSA) is 53.0 Å². The molecule has 3 nitrogen and oxygen atoms in total. The largest absolute Gasteiger partial charge is 0.371 e. The fourth-order valence-corrected chi connectivity index (χ4v) is 2.84. The zero-order chi connectivity index (χ0) is 13.1. The first-order valence-electron chi connectivity index (χ1n) is 6.29. The minimum absolute atomic E-state index is 0.350. The number of anilines is 1. The zero-order valence-corrected chi connectivity index (χ0v) is 10.6. The Balaban J connectivity index is 2.25. The summed E-state index contributed by atoms with van der Waals surface area (Å²) >= 11 is 0. The van der Waals surface area contributed by atoms with Crippen molar-refractivity contribution in [2.24, 2.45) is 11.7 Å². The second kappa shape index (κ2) is 5.36. The van der Waals surface area contributed by atoms with E-state index in [0.717, 1.165) is 24.9 Å². The second-order valence-corrected chi connectivity index (χ2v) is 4.91. The molecule has 0 bridgehead atoms. The van der Waals surface area contributed by atoms with Gasteiger partial charge in [-0.25, -0.2) is 4.39 Å². The normalized spacial score (nSPS) is 22.8. The van der Waals surface area contributed by atoms with E-state index in [0.29, 0.717) is 24.1 Å². The first-order valence-corrected chi connectivity index (χ1v) is 6.29. The Morgan fingerprint density at radius 2 is 2.22 bits per heavy atom. The van der Waals surface area contributed by atoms with Gasteiger partial charge >= 0.3 is 0 Å². The number of hydrogen-bond donors (Lipinski definition) is 1. The van der Waals surface area contributed by atoms with Crippen molar-refractivity contribution < 1.29 is 4.39 Å². The van der Waals surface area contributed by atoms with E-state index < -0.39 is 0 Å². The fraction of sp³-hybridized carbons (Fsp3) is 0.500. The average molecular weight is 247 g/mol. The summed E-state index contributed by atoms with van der Waals surface area (Å²) in [6.07, 6.45) is 3.37. The summed E-state index contributed by atoms with van der Waals surface area (Å²) in [4.78, 5) is 2.06.